The van der Waals surface area contributed by atoms with Crippen molar-refractivity contribution in [2.24, 2.45) is 5.92 Å². The van der Waals surface area contributed by atoms with Crippen LogP contribution in [0.15, 0.2) is 36.4 Å². The van der Waals surface area contributed by atoms with E-state index in [0.717, 1.165) is 5.56 Å². The minimum atomic E-state index is -3.59. The van der Waals surface area contributed by atoms with E-state index in [2.05, 4.69) is 5.32 Å². The monoisotopic (exact) mass is 474 g/mol. The molecule has 1 saturated heterocycles. The Kier molecular flexibility index (Phi) is 7.12. The van der Waals surface area contributed by atoms with Crippen LogP contribution in [0.25, 0.3) is 0 Å². The summed E-state index contributed by atoms with van der Waals surface area (Å²) in [6.45, 7) is 2.39. The van der Waals surface area contributed by atoms with Gasteiger partial charge in [0.05, 0.1) is 5.75 Å². The molecule has 9 heteroatoms. The first kappa shape index (κ1) is 22.4. The maximum Gasteiger partial charge on any atom is 0.227 e. The number of rotatable bonds is 5. The molecule has 0 spiro atoms. The summed E-state index contributed by atoms with van der Waals surface area (Å²) in [4.78, 5) is 12.6. The lowest BCUT2D eigenvalue weighted by molar-refractivity contribution is -0.120. The number of nitrogens with one attached hydrogen (secondary N) is 1. The van der Waals surface area contributed by atoms with Gasteiger partial charge in [-0.1, -0.05) is 46.9 Å². The van der Waals surface area contributed by atoms with Gasteiger partial charge in [-0.05, 0) is 49.6 Å². The largest absolute Gasteiger partial charge is 0.326 e. The second-order valence-electron chi connectivity index (χ2n) is 7.03. The summed E-state index contributed by atoms with van der Waals surface area (Å²) < 4.78 is 27.0. The fraction of sp³-hybridized carbons (Fsp3) is 0.350. The van der Waals surface area contributed by atoms with E-state index in [4.69, 9.17) is 34.8 Å². The zero-order chi connectivity index (χ0) is 21.2. The molecule has 156 valence electrons. The van der Waals surface area contributed by atoms with Crippen LogP contribution in [0.3, 0.4) is 0 Å². The number of anilines is 1. The lowest BCUT2D eigenvalue weighted by Gasteiger charge is -2.31. The van der Waals surface area contributed by atoms with E-state index in [0.29, 0.717) is 39.2 Å². The molecule has 2 aromatic rings. The summed E-state index contributed by atoms with van der Waals surface area (Å²) in [6.07, 6.45) is 0.891. The van der Waals surface area contributed by atoms with Crippen LogP contribution < -0.4 is 5.32 Å². The molecule has 1 amide bonds. The molecule has 1 heterocycles. The number of hydrogen-bond donors (Lipinski definition) is 1. The fourth-order valence-corrected chi connectivity index (χ4v) is 5.81. The van der Waals surface area contributed by atoms with Gasteiger partial charge in [-0.15, -0.1) is 0 Å². The average Bonchev–Trinajstić information content (AvgIpc) is 2.68. The second-order valence-corrected chi connectivity index (χ2v) is 10.2. The molecular weight excluding hydrogens is 455 g/mol. The first-order chi connectivity index (χ1) is 13.7. The third kappa shape index (κ3) is 5.25. The van der Waals surface area contributed by atoms with Gasteiger partial charge in [0.25, 0.3) is 0 Å². The Balaban J connectivity index is 1.62. The predicted molar refractivity (Wildman–Crippen MR) is 118 cm³/mol. The highest BCUT2D eigenvalue weighted by molar-refractivity contribution is 7.88. The Bertz CT molecular complexity index is 999. The normalized spacial score (nSPS) is 16.0. The van der Waals surface area contributed by atoms with E-state index in [1.165, 1.54) is 4.31 Å². The number of hydrogen-bond acceptors (Lipinski definition) is 3. The lowest BCUT2D eigenvalue weighted by Crippen LogP contribution is -2.42. The number of benzene rings is 2. The predicted octanol–water partition coefficient (Wildman–Crippen LogP) is 5.14. The van der Waals surface area contributed by atoms with Crippen molar-refractivity contribution >= 4 is 56.4 Å². The quantitative estimate of drug-likeness (QED) is 0.651. The van der Waals surface area contributed by atoms with Gasteiger partial charge < -0.3 is 5.32 Å². The summed E-state index contributed by atoms with van der Waals surface area (Å²) in [6, 6.07) is 10.2. The highest BCUT2D eigenvalue weighted by Crippen LogP contribution is 2.30. The number of nitrogens with zero attached hydrogens (tertiary/aromatic N) is 1. The molecule has 0 unspecified atom stereocenters. The van der Waals surface area contributed by atoms with Crippen LogP contribution >= 0.6 is 34.8 Å². The number of carbonyl (C=O) groups is 1. The van der Waals surface area contributed by atoms with E-state index in [1.54, 1.807) is 36.4 Å². The molecule has 0 aromatic heterocycles. The molecule has 5 nitrogen and oxygen atoms in total. The molecule has 0 aliphatic carbocycles. The molecule has 0 radical (unpaired) electrons. The van der Waals surface area contributed by atoms with Gasteiger partial charge in [-0.2, -0.15) is 0 Å². The third-order valence-electron chi connectivity index (χ3n) is 5.13. The molecule has 0 atom stereocenters. The fourth-order valence-electron chi connectivity index (χ4n) is 3.32. The number of piperidine rings is 1. The van der Waals surface area contributed by atoms with Crippen LogP contribution in [0.1, 0.15) is 24.0 Å². The van der Waals surface area contributed by atoms with Crippen molar-refractivity contribution in [1.29, 1.82) is 0 Å². The van der Waals surface area contributed by atoms with Crippen molar-refractivity contribution < 1.29 is 13.2 Å². The van der Waals surface area contributed by atoms with Gasteiger partial charge >= 0.3 is 0 Å². The van der Waals surface area contributed by atoms with Crippen LogP contribution in [0.2, 0.25) is 15.1 Å². The van der Waals surface area contributed by atoms with E-state index in [1.807, 2.05) is 6.92 Å². The Morgan fingerprint density at radius 2 is 1.59 bits per heavy atom. The van der Waals surface area contributed by atoms with Gasteiger partial charge in [0, 0.05) is 45.3 Å². The van der Waals surface area contributed by atoms with Crippen molar-refractivity contribution in [3.05, 3.63) is 62.6 Å². The van der Waals surface area contributed by atoms with Gasteiger partial charge in [0.2, 0.25) is 15.9 Å². The average molecular weight is 476 g/mol. The minimum Gasteiger partial charge on any atom is -0.326 e. The molecule has 1 fully saturated rings. The van der Waals surface area contributed by atoms with Crippen molar-refractivity contribution in [2.45, 2.75) is 25.5 Å². The maximum absolute atomic E-state index is 12.8. The SMILES string of the molecule is Cc1c(Cl)cccc1NC(=O)C1CCN(S(=O)(=O)Cc2c(Cl)cccc2Cl)CC1. The van der Waals surface area contributed by atoms with Crippen molar-refractivity contribution in [3.8, 4) is 0 Å². The summed E-state index contributed by atoms with van der Waals surface area (Å²) in [5, 5.41) is 4.14. The van der Waals surface area contributed by atoms with Crippen molar-refractivity contribution in [3.63, 3.8) is 0 Å². The molecule has 29 heavy (non-hydrogen) atoms. The van der Waals surface area contributed by atoms with Gasteiger partial charge in [-0.3, -0.25) is 4.79 Å². The van der Waals surface area contributed by atoms with Crippen molar-refractivity contribution in [2.75, 3.05) is 18.4 Å². The molecule has 2 aromatic carbocycles. The molecule has 3 rings (SSSR count). The van der Waals surface area contributed by atoms with Crippen LogP contribution in [0.4, 0.5) is 5.69 Å². The van der Waals surface area contributed by atoms with Gasteiger partial charge in [0.15, 0.2) is 0 Å². The van der Waals surface area contributed by atoms with E-state index in [-0.39, 0.29) is 30.7 Å². The molecular formula is C20H21Cl3N2O3S. The number of halogens is 3. The topological polar surface area (TPSA) is 66.5 Å². The Morgan fingerprint density at radius 1 is 1.03 bits per heavy atom. The number of amides is 1. The summed E-state index contributed by atoms with van der Waals surface area (Å²) >= 11 is 18.3. The van der Waals surface area contributed by atoms with Crippen LogP contribution in [-0.4, -0.2) is 31.7 Å². The summed E-state index contributed by atoms with van der Waals surface area (Å²) in [5.41, 5.74) is 1.87. The first-order valence-electron chi connectivity index (χ1n) is 9.15. The summed E-state index contributed by atoms with van der Waals surface area (Å²) in [7, 11) is -3.59. The number of sulfonamides is 1. The van der Waals surface area contributed by atoms with Gasteiger partial charge in [-0.25, -0.2) is 12.7 Å². The second kappa shape index (κ2) is 9.23. The van der Waals surface area contributed by atoms with E-state index < -0.39 is 10.0 Å². The lowest BCUT2D eigenvalue weighted by atomic mass is 9.97. The van der Waals surface area contributed by atoms with Crippen LogP contribution in [-0.2, 0) is 20.6 Å². The molecule has 0 saturated carbocycles. The zero-order valence-electron chi connectivity index (χ0n) is 15.8. The molecule has 0 bridgehead atoms. The molecule has 1 aliphatic heterocycles. The third-order valence-corrected chi connectivity index (χ3v) is 8.06. The highest BCUT2D eigenvalue weighted by Gasteiger charge is 2.32. The minimum absolute atomic E-state index is 0.124. The van der Waals surface area contributed by atoms with Crippen LogP contribution in [0.5, 0.6) is 0 Å². The number of carbonyl (C=O) groups excluding carboxylic acids is 1. The van der Waals surface area contributed by atoms with Crippen LogP contribution in [0, 0.1) is 12.8 Å². The Hall–Kier alpha value is -1.31. The maximum atomic E-state index is 12.8. The summed E-state index contributed by atoms with van der Waals surface area (Å²) in [5.74, 6) is -0.644. The Morgan fingerprint density at radius 3 is 2.21 bits per heavy atom. The van der Waals surface area contributed by atoms with Gasteiger partial charge in [0.1, 0.15) is 0 Å². The zero-order valence-corrected chi connectivity index (χ0v) is 18.9. The highest BCUT2D eigenvalue weighted by atomic mass is 35.5. The first-order valence-corrected chi connectivity index (χ1v) is 11.9. The molecule has 1 aliphatic rings. The smallest absolute Gasteiger partial charge is 0.227 e. The standard InChI is InChI=1S/C20H21Cl3N2O3S/c1-13-16(21)4-3-7-19(13)24-20(26)14-8-10-25(11-9-14)29(27,28)12-15-17(22)5-2-6-18(15)23/h2-7,14H,8-12H2,1H3,(H,24,26). The Labute approximate surface area is 186 Å². The van der Waals surface area contributed by atoms with E-state index in [9.17, 15) is 13.2 Å². The van der Waals surface area contributed by atoms with Crippen molar-refractivity contribution in [1.82, 2.24) is 4.31 Å². The molecule has 1 N–H and O–H groups in total. The van der Waals surface area contributed by atoms with E-state index >= 15 is 0 Å².